The molecule has 0 aromatic rings. The van der Waals surface area contributed by atoms with E-state index in [1.165, 1.54) is 6.92 Å². The van der Waals surface area contributed by atoms with Gasteiger partial charge in [-0.15, -0.1) is 0 Å². The van der Waals surface area contributed by atoms with E-state index in [2.05, 4.69) is 11.3 Å². The van der Waals surface area contributed by atoms with Crippen molar-refractivity contribution in [1.82, 2.24) is 0 Å². The summed E-state index contributed by atoms with van der Waals surface area (Å²) in [6.45, 7) is 9.87. The number of hydrogen-bond donors (Lipinski definition) is 0. The Morgan fingerprint density at radius 1 is 1.29 bits per heavy atom. The molecule has 0 aliphatic rings. The maximum absolute atomic E-state index is 11.3. The van der Waals surface area contributed by atoms with Crippen molar-refractivity contribution in [3.05, 3.63) is 12.2 Å². The van der Waals surface area contributed by atoms with Crippen LogP contribution in [0.2, 0.25) is 0 Å². The van der Waals surface area contributed by atoms with Crippen LogP contribution in [0, 0.1) is 0 Å². The zero-order valence-corrected chi connectivity index (χ0v) is 9.05. The maximum Gasteiger partial charge on any atom is 0.337 e. The molecule has 0 aliphatic carbocycles. The Balaban J connectivity index is 4.01. The molecular weight excluding hydrogens is 184 g/mol. The zero-order chi connectivity index (χ0) is 11.4. The van der Waals surface area contributed by atoms with Crippen LogP contribution >= 0.6 is 0 Å². The van der Waals surface area contributed by atoms with Gasteiger partial charge in [-0.2, -0.15) is 0 Å². The lowest BCUT2D eigenvalue weighted by molar-refractivity contribution is -0.151. The minimum absolute atomic E-state index is 0.121. The third-order valence-electron chi connectivity index (χ3n) is 1.14. The van der Waals surface area contributed by atoms with Gasteiger partial charge < -0.3 is 9.47 Å². The molecule has 0 fully saturated rings. The Labute approximate surface area is 83.9 Å². The molecule has 4 heteroatoms. The number of rotatable bonds is 3. The van der Waals surface area contributed by atoms with E-state index in [9.17, 15) is 9.59 Å². The molecule has 0 saturated carbocycles. The fraction of sp³-hybridized carbons (Fsp3) is 0.600. The van der Waals surface area contributed by atoms with Gasteiger partial charge >= 0.3 is 11.9 Å². The molecule has 0 N–H and O–H groups in total. The van der Waals surface area contributed by atoms with Crippen molar-refractivity contribution in [3.8, 4) is 0 Å². The largest absolute Gasteiger partial charge is 0.461 e. The summed E-state index contributed by atoms with van der Waals surface area (Å²) in [4.78, 5) is 21.7. The van der Waals surface area contributed by atoms with E-state index in [0.29, 0.717) is 0 Å². The fourth-order valence-electron chi connectivity index (χ4n) is 0.598. The lowest BCUT2D eigenvalue weighted by atomic mass is 10.2. The Kier molecular flexibility index (Phi) is 4.34. The van der Waals surface area contributed by atoms with Gasteiger partial charge in [0.05, 0.1) is 5.57 Å². The highest BCUT2D eigenvalue weighted by atomic mass is 16.6. The molecule has 0 atom stereocenters. The minimum Gasteiger partial charge on any atom is -0.461 e. The Hall–Kier alpha value is -1.32. The van der Waals surface area contributed by atoms with E-state index in [4.69, 9.17) is 4.74 Å². The first-order valence-corrected chi connectivity index (χ1v) is 4.27. The van der Waals surface area contributed by atoms with E-state index < -0.39 is 17.5 Å². The van der Waals surface area contributed by atoms with Crippen molar-refractivity contribution in [2.45, 2.75) is 33.3 Å². The van der Waals surface area contributed by atoms with Gasteiger partial charge in [0.15, 0.2) is 0 Å². The van der Waals surface area contributed by atoms with Crippen molar-refractivity contribution >= 4 is 11.9 Å². The van der Waals surface area contributed by atoms with E-state index in [0.717, 1.165) is 0 Å². The molecule has 0 saturated heterocycles. The SMILES string of the molecule is C=C(COC(C)=O)C(=O)OC(C)(C)C. The van der Waals surface area contributed by atoms with Crippen molar-refractivity contribution in [2.24, 2.45) is 0 Å². The van der Waals surface area contributed by atoms with Crippen LogP contribution in [0.3, 0.4) is 0 Å². The number of esters is 2. The second kappa shape index (κ2) is 4.79. The molecule has 0 unspecified atom stereocenters. The van der Waals surface area contributed by atoms with Crippen molar-refractivity contribution in [2.75, 3.05) is 6.61 Å². The quantitative estimate of drug-likeness (QED) is 0.511. The van der Waals surface area contributed by atoms with Gasteiger partial charge in [-0.1, -0.05) is 6.58 Å². The second-order valence-electron chi connectivity index (χ2n) is 3.89. The zero-order valence-electron chi connectivity index (χ0n) is 9.05. The van der Waals surface area contributed by atoms with Gasteiger partial charge in [0.2, 0.25) is 0 Å². The first-order valence-electron chi connectivity index (χ1n) is 4.27. The molecule has 0 rings (SSSR count). The Morgan fingerprint density at radius 3 is 2.14 bits per heavy atom. The summed E-state index contributed by atoms with van der Waals surface area (Å²) in [5.74, 6) is -0.992. The molecule has 4 nitrogen and oxygen atoms in total. The standard InChI is InChI=1S/C10H16O4/c1-7(6-13-8(2)11)9(12)14-10(3,4)5/h1,6H2,2-5H3. The fourth-order valence-corrected chi connectivity index (χ4v) is 0.598. The molecule has 0 aromatic heterocycles. The molecule has 0 amide bonds. The first-order chi connectivity index (χ1) is 6.22. The van der Waals surface area contributed by atoms with Crippen LogP contribution in [0.15, 0.2) is 12.2 Å². The number of carbonyl (C=O) groups excluding carboxylic acids is 2. The van der Waals surface area contributed by atoms with Gasteiger partial charge in [0.25, 0.3) is 0 Å². The summed E-state index contributed by atoms with van der Waals surface area (Å²) in [6, 6.07) is 0. The second-order valence-corrected chi connectivity index (χ2v) is 3.89. The third-order valence-corrected chi connectivity index (χ3v) is 1.14. The van der Waals surface area contributed by atoms with Crippen LogP contribution in [0.1, 0.15) is 27.7 Å². The lowest BCUT2D eigenvalue weighted by Gasteiger charge is -2.19. The summed E-state index contributed by atoms with van der Waals surface area (Å²) in [5.41, 5.74) is -0.425. The minimum atomic E-state index is -0.559. The molecular formula is C10H16O4. The van der Waals surface area contributed by atoms with Crippen molar-refractivity contribution < 1.29 is 19.1 Å². The molecule has 80 valence electrons. The monoisotopic (exact) mass is 200 g/mol. The van der Waals surface area contributed by atoms with E-state index in [-0.39, 0.29) is 12.2 Å². The highest BCUT2D eigenvalue weighted by Crippen LogP contribution is 2.10. The van der Waals surface area contributed by atoms with Crippen molar-refractivity contribution in [1.29, 1.82) is 0 Å². The maximum atomic E-state index is 11.3. The summed E-state index contributed by atoms with van der Waals surface area (Å²) < 4.78 is 9.60. The Morgan fingerprint density at radius 2 is 1.79 bits per heavy atom. The van der Waals surface area contributed by atoms with Gasteiger partial charge in [0, 0.05) is 6.92 Å². The average Bonchev–Trinajstić information content (AvgIpc) is 1.96. The number of carbonyl (C=O) groups is 2. The predicted octanol–water partition coefficient (Wildman–Crippen LogP) is 1.45. The highest BCUT2D eigenvalue weighted by Gasteiger charge is 2.18. The molecule has 0 aromatic carbocycles. The van der Waals surface area contributed by atoms with E-state index in [1.807, 2.05) is 0 Å². The van der Waals surface area contributed by atoms with Crippen LogP contribution in [0.25, 0.3) is 0 Å². The van der Waals surface area contributed by atoms with Crippen LogP contribution in [-0.4, -0.2) is 24.1 Å². The van der Waals surface area contributed by atoms with E-state index >= 15 is 0 Å². The van der Waals surface area contributed by atoms with Crippen LogP contribution in [0.4, 0.5) is 0 Å². The molecule has 0 bridgehead atoms. The smallest absolute Gasteiger partial charge is 0.337 e. The van der Waals surface area contributed by atoms with Crippen LogP contribution in [0.5, 0.6) is 0 Å². The number of ether oxygens (including phenoxy) is 2. The third kappa shape index (κ3) is 6.22. The van der Waals surface area contributed by atoms with Gasteiger partial charge in [-0.3, -0.25) is 4.79 Å². The number of hydrogen-bond acceptors (Lipinski definition) is 4. The summed E-state index contributed by atoms with van der Waals surface area (Å²) in [6.07, 6.45) is 0. The van der Waals surface area contributed by atoms with Gasteiger partial charge in [-0.05, 0) is 20.8 Å². The van der Waals surface area contributed by atoms with Gasteiger partial charge in [-0.25, -0.2) is 4.79 Å². The summed E-state index contributed by atoms with van der Waals surface area (Å²) in [5, 5.41) is 0. The highest BCUT2D eigenvalue weighted by molar-refractivity contribution is 5.88. The average molecular weight is 200 g/mol. The lowest BCUT2D eigenvalue weighted by Crippen LogP contribution is -2.26. The summed E-state index contributed by atoms with van der Waals surface area (Å²) >= 11 is 0. The first kappa shape index (κ1) is 12.7. The van der Waals surface area contributed by atoms with Crippen LogP contribution in [-0.2, 0) is 19.1 Å². The molecule has 14 heavy (non-hydrogen) atoms. The topological polar surface area (TPSA) is 52.6 Å². The Bertz CT molecular complexity index is 247. The normalized spacial score (nSPS) is 10.6. The molecule has 0 aliphatic heterocycles. The van der Waals surface area contributed by atoms with E-state index in [1.54, 1.807) is 20.8 Å². The predicted molar refractivity (Wildman–Crippen MR) is 51.6 cm³/mol. The van der Waals surface area contributed by atoms with Crippen LogP contribution < -0.4 is 0 Å². The molecule has 0 radical (unpaired) electrons. The van der Waals surface area contributed by atoms with Gasteiger partial charge in [0.1, 0.15) is 12.2 Å². The molecule has 0 heterocycles. The van der Waals surface area contributed by atoms with Crippen molar-refractivity contribution in [3.63, 3.8) is 0 Å². The summed E-state index contributed by atoms with van der Waals surface area (Å²) in [7, 11) is 0. The molecule has 0 spiro atoms.